The number of nitrogens with two attached hydrogens (primary N) is 1. The lowest BCUT2D eigenvalue weighted by molar-refractivity contribution is 0.261. The smallest absolute Gasteiger partial charge is 0.120 e. The van der Waals surface area contributed by atoms with Crippen LogP contribution in [0.2, 0.25) is 5.02 Å². The van der Waals surface area contributed by atoms with Gasteiger partial charge in [-0.1, -0.05) is 17.7 Å². The SMILES string of the molecule is Cn1ncc(Br)c1C(COc1cccc(Cl)c1)NN. The molecule has 0 fully saturated rings. The van der Waals surface area contributed by atoms with E-state index in [0.29, 0.717) is 17.4 Å². The summed E-state index contributed by atoms with van der Waals surface area (Å²) in [4.78, 5) is 0. The van der Waals surface area contributed by atoms with E-state index in [0.717, 1.165) is 10.2 Å². The number of nitrogens with one attached hydrogen (secondary N) is 1. The van der Waals surface area contributed by atoms with Gasteiger partial charge in [-0.25, -0.2) is 5.43 Å². The highest BCUT2D eigenvalue weighted by atomic mass is 79.9. The third kappa shape index (κ3) is 3.48. The van der Waals surface area contributed by atoms with E-state index in [2.05, 4.69) is 26.5 Å². The van der Waals surface area contributed by atoms with Crippen molar-refractivity contribution < 1.29 is 4.74 Å². The van der Waals surface area contributed by atoms with Gasteiger partial charge in [0.1, 0.15) is 12.4 Å². The predicted molar refractivity (Wildman–Crippen MR) is 77.9 cm³/mol. The van der Waals surface area contributed by atoms with Crippen molar-refractivity contribution in [2.45, 2.75) is 6.04 Å². The molecule has 0 radical (unpaired) electrons. The Morgan fingerprint density at radius 2 is 2.37 bits per heavy atom. The van der Waals surface area contributed by atoms with Gasteiger partial charge in [0.2, 0.25) is 0 Å². The highest BCUT2D eigenvalue weighted by Crippen LogP contribution is 2.24. The molecule has 1 unspecified atom stereocenters. The van der Waals surface area contributed by atoms with Crippen LogP contribution in [-0.4, -0.2) is 16.4 Å². The van der Waals surface area contributed by atoms with E-state index in [1.54, 1.807) is 23.0 Å². The fourth-order valence-corrected chi connectivity index (χ4v) is 2.56. The standard InChI is InChI=1S/C12H14BrClN4O/c1-18-12(10(13)6-16-18)11(17-15)7-19-9-4-2-3-8(14)5-9/h2-6,11,17H,7,15H2,1H3. The van der Waals surface area contributed by atoms with Crippen molar-refractivity contribution in [3.63, 3.8) is 0 Å². The van der Waals surface area contributed by atoms with Gasteiger partial charge in [-0.05, 0) is 34.1 Å². The van der Waals surface area contributed by atoms with Gasteiger partial charge in [0, 0.05) is 12.1 Å². The predicted octanol–water partition coefficient (Wildman–Crippen LogP) is 2.42. The number of benzene rings is 1. The minimum absolute atomic E-state index is 0.180. The molecule has 2 rings (SSSR count). The maximum absolute atomic E-state index is 5.90. The van der Waals surface area contributed by atoms with Gasteiger partial charge >= 0.3 is 0 Å². The van der Waals surface area contributed by atoms with E-state index in [-0.39, 0.29) is 6.04 Å². The third-order valence-electron chi connectivity index (χ3n) is 2.68. The van der Waals surface area contributed by atoms with Crippen molar-refractivity contribution in [2.75, 3.05) is 6.61 Å². The normalized spacial score (nSPS) is 12.4. The fourth-order valence-electron chi connectivity index (χ4n) is 1.75. The molecule has 19 heavy (non-hydrogen) atoms. The molecule has 1 atom stereocenters. The second kappa shape index (κ2) is 6.38. The summed E-state index contributed by atoms with van der Waals surface area (Å²) < 4.78 is 8.31. The van der Waals surface area contributed by atoms with Crippen LogP contribution in [-0.2, 0) is 7.05 Å². The molecule has 5 nitrogen and oxygen atoms in total. The molecule has 0 spiro atoms. The van der Waals surface area contributed by atoms with Crippen LogP contribution in [0.4, 0.5) is 0 Å². The molecule has 1 heterocycles. The number of hydrogen-bond acceptors (Lipinski definition) is 4. The molecule has 2 aromatic rings. The van der Waals surface area contributed by atoms with Crippen LogP contribution in [0.1, 0.15) is 11.7 Å². The minimum atomic E-state index is -0.180. The van der Waals surface area contributed by atoms with Crippen molar-refractivity contribution in [3.05, 3.63) is 45.7 Å². The lowest BCUT2D eigenvalue weighted by Gasteiger charge is -2.17. The molecular weight excluding hydrogens is 332 g/mol. The zero-order chi connectivity index (χ0) is 13.8. The van der Waals surface area contributed by atoms with Crippen LogP contribution in [0.25, 0.3) is 0 Å². The summed E-state index contributed by atoms with van der Waals surface area (Å²) in [5.41, 5.74) is 3.64. The van der Waals surface area contributed by atoms with Gasteiger partial charge in [0.05, 0.1) is 22.4 Å². The largest absolute Gasteiger partial charge is 0.491 e. The molecule has 0 aliphatic heterocycles. The highest BCUT2D eigenvalue weighted by molar-refractivity contribution is 9.10. The van der Waals surface area contributed by atoms with E-state index < -0.39 is 0 Å². The van der Waals surface area contributed by atoms with Gasteiger partial charge < -0.3 is 4.74 Å². The molecule has 0 aliphatic carbocycles. The van der Waals surface area contributed by atoms with Gasteiger partial charge in [0.15, 0.2) is 0 Å². The average molecular weight is 346 g/mol. The van der Waals surface area contributed by atoms with E-state index in [9.17, 15) is 0 Å². The number of ether oxygens (including phenoxy) is 1. The van der Waals surface area contributed by atoms with Gasteiger partial charge in [-0.15, -0.1) is 0 Å². The number of nitrogens with zero attached hydrogens (tertiary/aromatic N) is 2. The Bertz CT molecular complexity index is 541. The summed E-state index contributed by atoms with van der Waals surface area (Å²) in [6.45, 7) is 0.370. The Kier molecular flexibility index (Phi) is 4.81. The summed E-state index contributed by atoms with van der Waals surface area (Å²) >= 11 is 9.34. The molecule has 102 valence electrons. The Morgan fingerprint density at radius 3 is 2.95 bits per heavy atom. The first-order valence-electron chi connectivity index (χ1n) is 5.63. The van der Waals surface area contributed by atoms with Crippen LogP contribution < -0.4 is 16.0 Å². The van der Waals surface area contributed by atoms with E-state index >= 15 is 0 Å². The van der Waals surface area contributed by atoms with Crippen LogP contribution in [0.15, 0.2) is 34.9 Å². The Balaban J connectivity index is 2.08. The summed E-state index contributed by atoms with van der Waals surface area (Å²) in [6.07, 6.45) is 1.72. The quantitative estimate of drug-likeness (QED) is 0.645. The van der Waals surface area contributed by atoms with Crippen LogP contribution in [0, 0.1) is 0 Å². The van der Waals surface area contributed by atoms with Crippen LogP contribution >= 0.6 is 27.5 Å². The number of aromatic nitrogens is 2. The molecular formula is C12H14BrClN4O. The zero-order valence-corrected chi connectivity index (χ0v) is 12.6. The van der Waals surface area contributed by atoms with Crippen molar-refractivity contribution in [1.82, 2.24) is 15.2 Å². The summed E-state index contributed by atoms with van der Waals surface area (Å²) in [6, 6.07) is 7.05. The number of halogens is 2. The van der Waals surface area contributed by atoms with Crippen LogP contribution in [0.3, 0.4) is 0 Å². The molecule has 0 bridgehead atoms. The van der Waals surface area contributed by atoms with Gasteiger partial charge in [0.25, 0.3) is 0 Å². The van der Waals surface area contributed by atoms with Gasteiger partial charge in [-0.3, -0.25) is 10.5 Å². The molecule has 0 saturated heterocycles. The molecule has 0 amide bonds. The molecule has 3 N–H and O–H groups in total. The number of hydrazine groups is 1. The van der Waals surface area contributed by atoms with Crippen molar-refractivity contribution >= 4 is 27.5 Å². The van der Waals surface area contributed by atoms with Gasteiger partial charge in [-0.2, -0.15) is 5.10 Å². The molecule has 1 aromatic carbocycles. The maximum atomic E-state index is 5.90. The fraction of sp³-hybridized carbons (Fsp3) is 0.250. The summed E-state index contributed by atoms with van der Waals surface area (Å²) in [5.74, 6) is 6.28. The molecule has 1 aromatic heterocycles. The first-order valence-corrected chi connectivity index (χ1v) is 6.81. The maximum Gasteiger partial charge on any atom is 0.120 e. The first-order chi connectivity index (χ1) is 9.11. The second-order valence-corrected chi connectivity index (χ2v) is 5.28. The second-order valence-electron chi connectivity index (χ2n) is 3.99. The van der Waals surface area contributed by atoms with E-state index in [1.165, 1.54) is 0 Å². The average Bonchev–Trinajstić information content (AvgIpc) is 2.71. The third-order valence-corrected chi connectivity index (χ3v) is 3.53. The molecule has 0 aliphatic rings. The minimum Gasteiger partial charge on any atom is -0.491 e. The van der Waals surface area contributed by atoms with Crippen molar-refractivity contribution in [3.8, 4) is 5.75 Å². The van der Waals surface area contributed by atoms with E-state index in [1.807, 2.05) is 19.2 Å². The molecule has 0 saturated carbocycles. The van der Waals surface area contributed by atoms with Crippen molar-refractivity contribution in [2.24, 2.45) is 12.9 Å². The molecule has 7 heteroatoms. The number of aryl methyl sites for hydroxylation is 1. The Hall–Kier alpha value is -1.08. The Labute approximate surface area is 124 Å². The van der Waals surface area contributed by atoms with Crippen molar-refractivity contribution in [1.29, 1.82) is 0 Å². The number of hydrogen-bond donors (Lipinski definition) is 2. The van der Waals surface area contributed by atoms with E-state index in [4.69, 9.17) is 22.2 Å². The lowest BCUT2D eigenvalue weighted by atomic mass is 10.2. The number of rotatable bonds is 5. The monoisotopic (exact) mass is 344 g/mol. The van der Waals surface area contributed by atoms with Crippen LogP contribution in [0.5, 0.6) is 5.75 Å². The summed E-state index contributed by atoms with van der Waals surface area (Å²) in [5, 5.41) is 4.79. The lowest BCUT2D eigenvalue weighted by Crippen LogP contribution is -2.34. The Morgan fingerprint density at radius 1 is 1.58 bits per heavy atom. The first kappa shape index (κ1) is 14.3. The zero-order valence-electron chi connectivity index (χ0n) is 10.3. The summed E-state index contributed by atoms with van der Waals surface area (Å²) in [7, 11) is 1.85. The highest BCUT2D eigenvalue weighted by Gasteiger charge is 2.18. The topological polar surface area (TPSA) is 65.1 Å².